The first-order valence-electron chi connectivity index (χ1n) is 7.35. The van der Waals surface area contributed by atoms with E-state index in [2.05, 4.69) is 20.5 Å². The molecule has 1 aliphatic rings. The second kappa shape index (κ2) is 11.7. The topological polar surface area (TPSA) is 57.3 Å². The second-order valence-electron chi connectivity index (χ2n) is 5.28. The molecule has 126 valence electrons. The minimum Gasteiger partial charge on any atom is -0.356 e. The first-order chi connectivity index (χ1) is 9.74. The summed E-state index contributed by atoms with van der Waals surface area (Å²) in [6, 6.07) is 3.90. The highest BCUT2D eigenvalue weighted by Crippen LogP contribution is 2.00. The van der Waals surface area contributed by atoms with Crippen LogP contribution in [0, 0.1) is 6.92 Å². The van der Waals surface area contributed by atoms with Crippen molar-refractivity contribution in [2.24, 2.45) is 0 Å². The van der Waals surface area contributed by atoms with Crippen LogP contribution in [0.1, 0.15) is 17.7 Å². The SMILES string of the molecule is Cc1ccc(CC(=O)NCCCN2CCNCC2)cn1.Cl.Cl. The summed E-state index contributed by atoms with van der Waals surface area (Å²) in [4.78, 5) is 18.4. The molecule has 0 aliphatic carbocycles. The van der Waals surface area contributed by atoms with Crippen molar-refractivity contribution in [3.8, 4) is 0 Å². The molecule has 1 amide bonds. The lowest BCUT2D eigenvalue weighted by atomic mass is 10.2. The van der Waals surface area contributed by atoms with Crippen LogP contribution in [0.3, 0.4) is 0 Å². The van der Waals surface area contributed by atoms with Crippen molar-refractivity contribution < 1.29 is 4.79 Å². The van der Waals surface area contributed by atoms with Crippen molar-refractivity contribution in [2.45, 2.75) is 19.8 Å². The summed E-state index contributed by atoms with van der Waals surface area (Å²) in [5.74, 6) is 0.0796. The van der Waals surface area contributed by atoms with E-state index in [1.165, 1.54) is 0 Å². The Morgan fingerprint density at radius 3 is 2.68 bits per heavy atom. The molecule has 1 aliphatic heterocycles. The maximum atomic E-state index is 11.8. The van der Waals surface area contributed by atoms with Gasteiger partial charge in [-0.15, -0.1) is 24.8 Å². The molecule has 0 aromatic carbocycles. The van der Waals surface area contributed by atoms with E-state index in [1.807, 2.05) is 19.1 Å². The van der Waals surface area contributed by atoms with Crippen LogP contribution in [0.2, 0.25) is 0 Å². The number of halogens is 2. The summed E-state index contributed by atoms with van der Waals surface area (Å²) < 4.78 is 0. The van der Waals surface area contributed by atoms with Crippen LogP contribution in [0.25, 0.3) is 0 Å². The molecule has 2 rings (SSSR count). The van der Waals surface area contributed by atoms with Crippen molar-refractivity contribution in [3.05, 3.63) is 29.6 Å². The first-order valence-corrected chi connectivity index (χ1v) is 7.35. The Hall–Kier alpha value is -0.880. The summed E-state index contributed by atoms with van der Waals surface area (Å²) in [6.45, 7) is 8.14. The van der Waals surface area contributed by atoms with E-state index in [1.54, 1.807) is 6.20 Å². The number of amides is 1. The molecular weight excluding hydrogens is 323 g/mol. The van der Waals surface area contributed by atoms with Gasteiger partial charge in [0.2, 0.25) is 5.91 Å². The summed E-state index contributed by atoms with van der Waals surface area (Å²) in [5, 5.41) is 6.31. The molecular formula is C15H26Cl2N4O. The van der Waals surface area contributed by atoms with Gasteiger partial charge >= 0.3 is 0 Å². The van der Waals surface area contributed by atoms with Crippen molar-refractivity contribution in [1.82, 2.24) is 20.5 Å². The number of aryl methyl sites for hydroxylation is 1. The zero-order chi connectivity index (χ0) is 14.2. The van der Waals surface area contributed by atoms with Crippen LogP contribution in [-0.4, -0.2) is 55.1 Å². The molecule has 0 spiro atoms. The highest BCUT2D eigenvalue weighted by Gasteiger charge is 2.09. The van der Waals surface area contributed by atoms with E-state index in [9.17, 15) is 4.79 Å². The Bertz CT molecular complexity index is 422. The molecule has 1 fully saturated rings. The number of hydrogen-bond donors (Lipinski definition) is 2. The molecule has 1 aromatic rings. The minimum atomic E-state index is 0. The second-order valence-corrected chi connectivity index (χ2v) is 5.28. The van der Waals surface area contributed by atoms with Gasteiger partial charge in [-0.1, -0.05) is 6.07 Å². The largest absolute Gasteiger partial charge is 0.356 e. The van der Waals surface area contributed by atoms with E-state index < -0.39 is 0 Å². The molecule has 1 saturated heterocycles. The number of piperazine rings is 1. The Kier molecular flexibility index (Phi) is 11.2. The Balaban J connectivity index is 0.00000220. The van der Waals surface area contributed by atoms with Gasteiger partial charge in [0, 0.05) is 44.6 Å². The van der Waals surface area contributed by atoms with Gasteiger partial charge in [0.15, 0.2) is 0 Å². The highest BCUT2D eigenvalue weighted by atomic mass is 35.5. The average Bonchev–Trinajstić information content (AvgIpc) is 2.47. The number of nitrogens with one attached hydrogen (secondary N) is 2. The number of rotatable bonds is 6. The van der Waals surface area contributed by atoms with Gasteiger partial charge in [0.25, 0.3) is 0 Å². The van der Waals surface area contributed by atoms with Crippen LogP contribution in [0.4, 0.5) is 0 Å². The third-order valence-electron chi connectivity index (χ3n) is 3.52. The van der Waals surface area contributed by atoms with E-state index in [0.717, 1.165) is 56.9 Å². The quantitative estimate of drug-likeness (QED) is 0.758. The number of pyridine rings is 1. The van der Waals surface area contributed by atoms with E-state index >= 15 is 0 Å². The smallest absolute Gasteiger partial charge is 0.224 e. The maximum absolute atomic E-state index is 11.8. The Morgan fingerprint density at radius 1 is 1.32 bits per heavy atom. The average molecular weight is 349 g/mol. The molecule has 2 heterocycles. The number of hydrogen-bond acceptors (Lipinski definition) is 4. The molecule has 0 atom stereocenters. The lowest BCUT2D eigenvalue weighted by molar-refractivity contribution is -0.120. The summed E-state index contributed by atoms with van der Waals surface area (Å²) in [7, 11) is 0. The van der Waals surface area contributed by atoms with Crippen LogP contribution in [0.5, 0.6) is 0 Å². The lowest BCUT2D eigenvalue weighted by Gasteiger charge is -2.27. The summed E-state index contributed by atoms with van der Waals surface area (Å²) >= 11 is 0. The fourth-order valence-corrected chi connectivity index (χ4v) is 2.32. The predicted octanol–water partition coefficient (Wildman–Crippen LogP) is 1.19. The fraction of sp³-hybridized carbons (Fsp3) is 0.600. The van der Waals surface area contributed by atoms with Gasteiger partial charge < -0.3 is 15.5 Å². The zero-order valence-electron chi connectivity index (χ0n) is 13.0. The first kappa shape index (κ1) is 21.1. The molecule has 0 unspecified atom stereocenters. The molecule has 0 saturated carbocycles. The van der Waals surface area contributed by atoms with Crippen molar-refractivity contribution >= 4 is 30.7 Å². The van der Waals surface area contributed by atoms with Crippen LogP contribution >= 0.6 is 24.8 Å². The zero-order valence-corrected chi connectivity index (χ0v) is 14.6. The van der Waals surface area contributed by atoms with Gasteiger partial charge in [-0.25, -0.2) is 0 Å². The van der Waals surface area contributed by atoms with E-state index in [4.69, 9.17) is 0 Å². The van der Waals surface area contributed by atoms with E-state index in [0.29, 0.717) is 6.42 Å². The molecule has 7 heteroatoms. The molecule has 1 aromatic heterocycles. The molecule has 5 nitrogen and oxygen atoms in total. The van der Waals surface area contributed by atoms with Crippen LogP contribution in [-0.2, 0) is 11.2 Å². The number of aromatic nitrogens is 1. The minimum absolute atomic E-state index is 0. The molecule has 2 N–H and O–H groups in total. The Morgan fingerprint density at radius 2 is 2.05 bits per heavy atom. The summed E-state index contributed by atoms with van der Waals surface area (Å²) in [5.41, 5.74) is 1.94. The fourth-order valence-electron chi connectivity index (χ4n) is 2.32. The standard InChI is InChI=1S/C15H24N4O.2ClH/c1-13-3-4-14(12-18-13)11-15(20)17-5-2-8-19-9-6-16-7-10-19;;/h3-4,12,16H,2,5-11H2,1H3,(H,17,20);2*1H. The monoisotopic (exact) mass is 348 g/mol. The predicted molar refractivity (Wildman–Crippen MR) is 94.1 cm³/mol. The number of nitrogens with zero attached hydrogens (tertiary/aromatic N) is 2. The third kappa shape index (κ3) is 7.94. The molecule has 0 radical (unpaired) electrons. The van der Waals surface area contributed by atoms with Crippen LogP contribution < -0.4 is 10.6 Å². The van der Waals surface area contributed by atoms with Gasteiger partial charge in [0.05, 0.1) is 6.42 Å². The Labute approximate surface area is 145 Å². The lowest BCUT2D eigenvalue weighted by Crippen LogP contribution is -2.44. The van der Waals surface area contributed by atoms with Gasteiger partial charge in [-0.3, -0.25) is 9.78 Å². The van der Waals surface area contributed by atoms with Crippen LogP contribution in [0.15, 0.2) is 18.3 Å². The maximum Gasteiger partial charge on any atom is 0.224 e. The number of carbonyl (C=O) groups excluding carboxylic acids is 1. The van der Waals surface area contributed by atoms with E-state index in [-0.39, 0.29) is 30.7 Å². The third-order valence-corrected chi connectivity index (χ3v) is 3.52. The van der Waals surface area contributed by atoms with Crippen molar-refractivity contribution in [3.63, 3.8) is 0 Å². The number of carbonyl (C=O) groups is 1. The highest BCUT2D eigenvalue weighted by molar-refractivity contribution is 5.85. The summed E-state index contributed by atoms with van der Waals surface area (Å²) in [6.07, 6.45) is 3.20. The van der Waals surface area contributed by atoms with Gasteiger partial charge in [-0.05, 0) is 31.5 Å². The normalized spacial score (nSPS) is 14.6. The molecule has 22 heavy (non-hydrogen) atoms. The van der Waals surface area contributed by atoms with Gasteiger partial charge in [0.1, 0.15) is 0 Å². The van der Waals surface area contributed by atoms with Crippen molar-refractivity contribution in [2.75, 3.05) is 39.3 Å². The van der Waals surface area contributed by atoms with Crippen molar-refractivity contribution in [1.29, 1.82) is 0 Å². The molecule has 0 bridgehead atoms. The van der Waals surface area contributed by atoms with Gasteiger partial charge in [-0.2, -0.15) is 0 Å².